The van der Waals surface area contributed by atoms with Crippen molar-refractivity contribution in [2.45, 2.75) is 33.1 Å². The third kappa shape index (κ3) is 10.3. The van der Waals surface area contributed by atoms with Crippen LogP contribution in [-0.4, -0.2) is 74.0 Å². The highest BCUT2D eigenvalue weighted by Gasteiger charge is 2.32. The molecule has 1 fully saturated rings. The third-order valence-corrected chi connectivity index (χ3v) is 3.03. The van der Waals surface area contributed by atoms with Crippen molar-refractivity contribution in [2.75, 3.05) is 39.6 Å². The number of carbonyl (C=O) groups is 4. The van der Waals surface area contributed by atoms with Gasteiger partial charge in [0.1, 0.15) is 0 Å². The zero-order chi connectivity index (χ0) is 20.1. The molecular weight excluding hydrogens is 362 g/mol. The van der Waals surface area contributed by atoms with Gasteiger partial charge in [-0.25, -0.2) is 4.79 Å². The second-order valence-electron chi connectivity index (χ2n) is 5.68. The molecule has 11 nitrogen and oxygen atoms in total. The number of rotatable bonds is 13. The molecule has 0 spiro atoms. The highest BCUT2D eigenvalue weighted by Crippen LogP contribution is 2.12. The highest BCUT2D eigenvalue weighted by molar-refractivity contribution is 6.01. The summed E-state index contributed by atoms with van der Waals surface area (Å²) >= 11 is 0. The SMILES string of the molecule is CC(C)=NOCC(=O)NCCOCCOCCC(=O)ON1C(=O)CCC1=O. The van der Waals surface area contributed by atoms with Gasteiger partial charge in [0.15, 0.2) is 6.61 Å². The number of ether oxygens (including phenoxy) is 2. The Morgan fingerprint density at radius 2 is 1.67 bits per heavy atom. The van der Waals surface area contributed by atoms with E-state index in [0.29, 0.717) is 18.2 Å². The van der Waals surface area contributed by atoms with E-state index in [-0.39, 0.29) is 51.6 Å². The van der Waals surface area contributed by atoms with E-state index in [1.165, 1.54) is 0 Å². The van der Waals surface area contributed by atoms with Crippen LogP contribution in [0, 0.1) is 0 Å². The number of hydrogen-bond donors (Lipinski definition) is 1. The Hall–Kier alpha value is -2.53. The summed E-state index contributed by atoms with van der Waals surface area (Å²) < 4.78 is 10.4. The van der Waals surface area contributed by atoms with E-state index in [0.717, 1.165) is 5.71 Å². The lowest BCUT2D eigenvalue weighted by Crippen LogP contribution is -2.32. The van der Waals surface area contributed by atoms with Gasteiger partial charge in [0, 0.05) is 19.4 Å². The fourth-order valence-electron chi connectivity index (χ4n) is 1.82. The summed E-state index contributed by atoms with van der Waals surface area (Å²) in [5, 5.41) is 6.73. The minimum absolute atomic E-state index is 0.0553. The minimum Gasteiger partial charge on any atom is -0.386 e. The summed E-state index contributed by atoms with van der Waals surface area (Å²) in [6, 6.07) is 0. The number of carbonyl (C=O) groups excluding carboxylic acids is 4. The molecule has 0 aromatic heterocycles. The number of nitrogens with one attached hydrogen (secondary N) is 1. The lowest BCUT2D eigenvalue weighted by molar-refractivity contribution is -0.198. The molecule has 0 atom stereocenters. The minimum atomic E-state index is -0.716. The van der Waals surface area contributed by atoms with Crippen LogP contribution in [-0.2, 0) is 38.3 Å². The first-order chi connectivity index (χ1) is 12.9. The van der Waals surface area contributed by atoms with Gasteiger partial charge in [0.05, 0.1) is 38.6 Å². The Kier molecular flexibility index (Phi) is 10.6. The Bertz CT molecular complexity index is 544. The molecule has 1 aliphatic rings. The molecule has 3 amide bonds. The van der Waals surface area contributed by atoms with E-state index in [9.17, 15) is 19.2 Å². The van der Waals surface area contributed by atoms with Gasteiger partial charge in [0.2, 0.25) is 0 Å². The number of oxime groups is 1. The van der Waals surface area contributed by atoms with Gasteiger partial charge in [-0.05, 0) is 13.8 Å². The second-order valence-corrected chi connectivity index (χ2v) is 5.68. The van der Waals surface area contributed by atoms with Crippen molar-refractivity contribution in [2.24, 2.45) is 5.16 Å². The van der Waals surface area contributed by atoms with E-state index in [2.05, 4.69) is 15.3 Å². The van der Waals surface area contributed by atoms with Gasteiger partial charge in [0.25, 0.3) is 17.7 Å². The van der Waals surface area contributed by atoms with Crippen LogP contribution in [0.4, 0.5) is 0 Å². The van der Waals surface area contributed by atoms with E-state index >= 15 is 0 Å². The summed E-state index contributed by atoms with van der Waals surface area (Å²) in [5.74, 6) is -2.05. The first kappa shape index (κ1) is 22.5. The molecule has 1 saturated heterocycles. The molecular formula is C16H25N3O8. The molecule has 1 N–H and O–H groups in total. The zero-order valence-corrected chi connectivity index (χ0v) is 15.5. The molecule has 152 valence electrons. The molecule has 1 rings (SSSR count). The van der Waals surface area contributed by atoms with Gasteiger partial charge < -0.3 is 24.5 Å². The maximum atomic E-state index is 11.5. The molecule has 0 aromatic carbocycles. The monoisotopic (exact) mass is 387 g/mol. The molecule has 0 saturated carbocycles. The van der Waals surface area contributed by atoms with Crippen molar-refractivity contribution in [1.82, 2.24) is 10.4 Å². The lowest BCUT2D eigenvalue weighted by Gasteiger charge is -2.12. The van der Waals surface area contributed by atoms with Crippen LogP contribution in [0.5, 0.6) is 0 Å². The molecule has 11 heteroatoms. The molecule has 0 aliphatic carbocycles. The van der Waals surface area contributed by atoms with Crippen molar-refractivity contribution in [3.05, 3.63) is 0 Å². The van der Waals surface area contributed by atoms with Crippen LogP contribution in [0.2, 0.25) is 0 Å². The third-order valence-electron chi connectivity index (χ3n) is 3.03. The Balaban J connectivity index is 1.92. The number of hydrogen-bond acceptors (Lipinski definition) is 9. The Labute approximate surface area is 156 Å². The van der Waals surface area contributed by atoms with Crippen molar-refractivity contribution in [1.29, 1.82) is 0 Å². The molecule has 0 unspecified atom stereocenters. The largest absolute Gasteiger partial charge is 0.386 e. The predicted octanol–water partition coefficient (Wildman–Crippen LogP) is -0.454. The van der Waals surface area contributed by atoms with Crippen molar-refractivity contribution in [3.63, 3.8) is 0 Å². The standard InChI is InChI=1S/C16H25N3O8/c1-12(2)18-26-11-13(20)17-6-8-25-10-9-24-7-5-16(23)27-19-14(21)3-4-15(19)22/h3-11H2,1-2H3,(H,17,20). The van der Waals surface area contributed by atoms with Crippen LogP contribution in [0.1, 0.15) is 33.1 Å². The van der Waals surface area contributed by atoms with Gasteiger partial charge >= 0.3 is 5.97 Å². The topological polar surface area (TPSA) is 133 Å². The van der Waals surface area contributed by atoms with E-state index in [1.54, 1.807) is 13.8 Å². The summed E-state index contributed by atoms with van der Waals surface area (Å²) in [6.45, 7) is 4.58. The molecule has 0 bridgehead atoms. The smallest absolute Gasteiger partial charge is 0.335 e. The summed E-state index contributed by atoms with van der Waals surface area (Å²) in [4.78, 5) is 54.9. The highest BCUT2D eigenvalue weighted by atomic mass is 16.7. The molecule has 1 heterocycles. The van der Waals surface area contributed by atoms with E-state index in [4.69, 9.17) is 14.3 Å². The van der Waals surface area contributed by atoms with E-state index in [1.807, 2.05) is 0 Å². The molecule has 27 heavy (non-hydrogen) atoms. The molecule has 0 aromatic rings. The lowest BCUT2D eigenvalue weighted by atomic mass is 10.4. The Morgan fingerprint density at radius 3 is 2.30 bits per heavy atom. The van der Waals surface area contributed by atoms with Crippen LogP contribution in [0.3, 0.4) is 0 Å². The van der Waals surface area contributed by atoms with Crippen LogP contribution >= 0.6 is 0 Å². The van der Waals surface area contributed by atoms with Gasteiger partial charge in [-0.3, -0.25) is 14.4 Å². The van der Waals surface area contributed by atoms with Gasteiger partial charge in [-0.15, -0.1) is 5.06 Å². The van der Waals surface area contributed by atoms with Gasteiger partial charge in [-0.1, -0.05) is 5.16 Å². The van der Waals surface area contributed by atoms with Gasteiger partial charge in [-0.2, -0.15) is 0 Å². The fourth-order valence-corrected chi connectivity index (χ4v) is 1.82. The first-order valence-corrected chi connectivity index (χ1v) is 8.52. The number of amides is 3. The second kappa shape index (κ2) is 12.8. The fraction of sp³-hybridized carbons (Fsp3) is 0.688. The molecule has 0 radical (unpaired) electrons. The molecule has 1 aliphatic heterocycles. The van der Waals surface area contributed by atoms with Crippen LogP contribution < -0.4 is 5.32 Å². The number of hydroxylamine groups is 2. The summed E-state index contributed by atoms with van der Waals surface area (Å²) in [5.41, 5.74) is 0.720. The normalized spacial score (nSPS) is 13.5. The maximum Gasteiger partial charge on any atom is 0.335 e. The average Bonchev–Trinajstić information content (AvgIpc) is 2.92. The summed E-state index contributed by atoms with van der Waals surface area (Å²) in [6.07, 6.45) is 0.0202. The quantitative estimate of drug-likeness (QED) is 0.194. The number of nitrogens with zero attached hydrogens (tertiary/aromatic N) is 2. The predicted molar refractivity (Wildman–Crippen MR) is 91.2 cm³/mol. The summed E-state index contributed by atoms with van der Waals surface area (Å²) in [7, 11) is 0. The van der Waals surface area contributed by atoms with Crippen molar-refractivity contribution < 1.29 is 38.3 Å². The van der Waals surface area contributed by atoms with Crippen LogP contribution in [0.25, 0.3) is 0 Å². The maximum absolute atomic E-state index is 11.5. The van der Waals surface area contributed by atoms with Crippen LogP contribution in [0.15, 0.2) is 5.16 Å². The average molecular weight is 387 g/mol. The van der Waals surface area contributed by atoms with E-state index < -0.39 is 17.8 Å². The number of imide groups is 1. The van der Waals surface area contributed by atoms with Crippen molar-refractivity contribution >= 4 is 29.4 Å². The Morgan fingerprint density at radius 1 is 1.04 bits per heavy atom. The zero-order valence-electron chi connectivity index (χ0n) is 15.5. The van der Waals surface area contributed by atoms with Crippen molar-refractivity contribution in [3.8, 4) is 0 Å². The first-order valence-electron chi connectivity index (χ1n) is 8.52.